The first-order valence-corrected chi connectivity index (χ1v) is 6.88. The molecule has 1 heterocycles. The zero-order valence-corrected chi connectivity index (χ0v) is 11.7. The molecule has 1 aliphatic rings. The van der Waals surface area contributed by atoms with E-state index in [4.69, 9.17) is 17.3 Å². The van der Waals surface area contributed by atoms with Gasteiger partial charge in [-0.25, -0.2) is 4.39 Å². The number of halogens is 2. The summed E-state index contributed by atoms with van der Waals surface area (Å²) in [6.07, 6.45) is 1.98. The minimum absolute atomic E-state index is 0.0173. The first kappa shape index (κ1) is 14.3. The Balaban J connectivity index is 2.27. The van der Waals surface area contributed by atoms with Gasteiger partial charge in [0, 0.05) is 24.2 Å². The van der Waals surface area contributed by atoms with Crippen molar-refractivity contribution in [3.05, 3.63) is 34.6 Å². The summed E-state index contributed by atoms with van der Waals surface area (Å²) >= 11 is 5.70. The molecule has 2 N–H and O–H groups in total. The minimum Gasteiger partial charge on any atom is -0.334 e. The van der Waals surface area contributed by atoms with Crippen LogP contribution < -0.4 is 5.73 Å². The largest absolute Gasteiger partial charge is 0.334 e. The number of carbonyl (C=O) groups excluding carboxylic acids is 1. The van der Waals surface area contributed by atoms with Gasteiger partial charge in [-0.15, -0.1) is 0 Å². The highest BCUT2D eigenvalue weighted by Crippen LogP contribution is 2.25. The molecule has 0 aromatic heterocycles. The molecule has 0 aliphatic carbocycles. The summed E-state index contributed by atoms with van der Waals surface area (Å²) in [6, 6.07) is 4.12. The summed E-state index contributed by atoms with van der Waals surface area (Å²) in [5, 5.41) is 0.288. The van der Waals surface area contributed by atoms with E-state index in [9.17, 15) is 9.18 Å². The molecule has 1 aliphatic heterocycles. The van der Waals surface area contributed by atoms with Crippen LogP contribution in [-0.2, 0) is 0 Å². The van der Waals surface area contributed by atoms with Crippen molar-refractivity contribution in [3.63, 3.8) is 0 Å². The number of hydrogen-bond donors (Lipinski definition) is 1. The van der Waals surface area contributed by atoms with Crippen LogP contribution in [0.25, 0.3) is 0 Å². The molecular formula is C14H18ClFN2O. The topological polar surface area (TPSA) is 46.3 Å². The first-order valence-electron chi connectivity index (χ1n) is 6.50. The minimum atomic E-state index is -0.577. The van der Waals surface area contributed by atoms with Crippen molar-refractivity contribution < 1.29 is 9.18 Å². The third kappa shape index (κ3) is 2.90. The van der Waals surface area contributed by atoms with E-state index in [1.165, 1.54) is 18.2 Å². The molecule has 1 saturated heterocycles. The highest BCUT2D eigenvalue weighted by Gasteiger charge is 2.32. The van der Waals surface area contributed by atoms with E-state index in [0.717, 1.165) is 12.8 Å². The van der Waals surface area contributed by atoms with E-state index in [-0.39, 0.29) is 22.5 Å². The van der Waals surface area contributed by atoms with Gasteiger partial charge in [-0.3, -0.25) is 4.79 Å². The molecule has 2 atom stereocenters. The van der Waals surface area contributed by atoms with Gasteiger partial charge in [0.1, 0.15) is 5.82 Å². The lowest BCUT2D eigenvalue weighted by atomic mass is 9.90. The summed E-state index contributed by atoms with van der Waals surface area (Å²) in [5.41, 5.74) is 5.82. The molecule has 1 fully saturated rings. The second kappa shape index (κ2) is 5.88. The van der Waals surface area contributed by atoms with Crippen molar-refractivity contribution in [1.29, 1.82) is 0 Å². The average Bonchev–Trinajstić information content (AvgIpc) is 2.37. The quantitative estimate of drug-likeness (QED) is 0.907. The Kier molecular flexibility index (Phi) is 4.42. The molecule has 3 nitrogen and oxygen atoms in total. The van der Waals surface area contributed by atoms with E-state index in [2.05, 4.69) is 6.92 Å². The van der Waals surface area contributed by atoms with Gasteiger partial charge in [-0.2, -0.15) is 0 Å². The molecular weight excluding hydrogens is 267 g/mol. The zero-order valence-electron chi connectivity index (χ0n) is 10.9. The maximum atomic E-state index is 13.8. The number of likely N-dealkylation sites (tertiary alicyclic amines) is 1. The number of hydrogen-bond acceptors (Lipinski definition) is 2. The molecule has 2 rings (SSSR count). The van der Waals surface area contributed by atoms with Gasteiger partial charge in [-0.1, -0.05) is 18.5 Å². The molecule has 19 heavy (non-hydrogen) atoms. The molecule has 0 spiro atoms. The van der Waals surface area contributed by atoms with Crippen molar-refractivity contribution >= 4 is 17.5 Å². The number of benzene rings is 1. The van der Waals surface area contributed by atoms with E-state index < -0.39 is 5.82 Å². The molecule has 1 aromatic rings. The lowest BCUT2D eigenvalue weighted by molar-refractivity contribution is 0.0528. The standard InChI is InChI=1S/C14H18ClFN2O/c1-9-3-2-6-18(13(9)8-17)14(19)11-5-4-10(15)7-12(11)16/h4-5,7,9,13H,2-3,6,8,17H2,1H3/t9-,13-/m1/s1. The number of piperidine rings is 1. The summed E-state index contributed by atoms with van der Waals surface area (Å²) in [5.74, 6) is -0.527. The molecule has 0 unspecified atom stereocenters. The van der Waals surface area contributed by atoms with Crippen molar-refractivity contribution in [3.8, 4) is 0 Å². The number of rotatable bonds is 2. The van der Waals surface area contributed by atoms with E-state index in [0.29, 0.717) is 19.0 Å². The van der Waals surface area contributed by atoms with Crippen LogP contribution in [0.1, 0.15) is 30.1 Å². The van der Waals surface area contributed by atoms with E-state index in [1.807, 2.05) is 0 Å². The van der Waals surface area contributed by atoms with Crippen LogP contribution in [0.15, 0.2) is 18.2 Å². The van der Waals surface area contributed by atoms with Crippen LogP contribution in [0, 0.1) is 11.7 Å². The Morgan fingerprint density at radius 1 is 1.58 bits per heavy atom. The number of carbonyl (C=O) groups is 1. The van der Waals surface area contributed by atoms with Crippen molar-refractivity contribution in [2.75, 3.05) is 13.1 Å². The Labute approximate surface area is 117 Å². The van der Waals surface area contributed by atoms with Crippen molar-refractivity contribution in [1.82, 2.24) is 4.90 Å². The third-order valence-corrected chi connectivity index (χ3v) is 4.01. The lowest BCUT2D eigenvalue weighted by Crippen LogP contribution is -2.51. The first-order chi connectivity index (χ1) is 9.04. The number of nitrogens with zero attached hydrogens (tertiary/aromatic N) is 1. The summed E-state index contributed by atoms with van der Waals surface area (Å²) in [7, 11) is 0. The summed E-state index contributed by atoms with van der Waals surface area (Å²) < 4.78 is 13.8. The monoisotopic (exact) mass is 284 g/mol. The van der Waals surface area contributed by atoms with Gasteiger partial charge in [0.2, 0.25) is 0 Å². The SMILES string of the molecule is C[C@@H]1CCCN(C(=O)c2ccc(Cl)cc2F)[C@@H]1CN. The Morgan fingerprint density at radius 3 is 2.95 bits per heavy atom. The van der Waals surface area contributed by atoms with Gasteiger partial charge >= 0.3 is 0 Å². The normalized spacial score (nSPS) is 23.5. The van der Waals surface area contributed by atoms with Crippen molar-refractivity contribution in [2.45, 2.75) is 25.8 Å². The molecule has 0 radical (unpaired) electrons. The number of amides is 1. The van der Waals surface area contributed by atoms with E-state index in [1.54, 1.807) is 4.90 Å². The second-order valence-corrected chi connectivity index (χ2v) is 5.48. The van der Waals surface area contributed by atoms with Crippen LogP contribution in [0.3, 0.4) is 0 Å². The third-order valence-electron chi connectivity index (χ3n) is 3.78. The fraction of sp³-hybridized carbons (Fsp3) is 0.500. The second-order valence-electron chi connectivity index (χ2n) is 5.05. The van der Waals surface area contributed by atoms with Crippen LogP contribution >= 0.6 is 11.6 Å². The lowest BCUT2D eigenvalue weighted by Gasteiger charge is -2.39. The van der Waals surface area contributed by atoms with Crippen molar-refractivity contribution in [2.24, 2.45) is 11.7 Å². The predicted molar refractivity (Wildman–Crippen MR) is 73.7 cm³/mol. The maximum absolute atomic E-state index is 13.8. The number of nitrogens with two attached hydrogens (primary N) is 1. The molecule has 1 aromatic carbocycles. The van der Waals surface area contributed by atoms with Gasteiger partial charge in [0.15, 0.2) is 0 Å². The van der Waals surface area contributed by atoms with Crippen LogP contribution in [0.5, 0.6) is 0 Å². The molecule has 0 saturated carbocycles. The fourth-order valence-corrected chi connectivity index (χ4v) is 2.84. The Hall–Kier alpha value is -1.13. The predicted octanol–water partition coefficient (Wildman–Crippen LogP) is 2.68. The molecule has 1 amide bonds. The smallest absolute Gasteiger partial charge is 0.257 e. The van der Waals surface area contributed by atoms with Crippen LogP contribution in [0.4, 0.5) is 4.39 Å². The van der Waals surface area contributed by atoms with Gasteiger partial charge in [0.25, 0.3) is 5.91 Å². The highest BCUT2D eigenvalue weighted by molar-refractivity contribution is 6.30. The zero-order chi connectivity index (χ0) is 14.0. The fourth-order valence-electron chi connectivity index (χ4n) is 2.68. The van der Waals surface area contributed by atoms with Gasteiger partial charge in [-0.05, 0) is 37.0 Å². The van der Waals surface area contributed by atoms with Gasteiger partial charge in [0.05, 0.1) is 5.56 Å². The van der Waals surface area contributed by atoms with E-state index >= 15 is 0 Å². The van der Waals surface area contributed by atoms with Crippen LogP contribution in [-0.4, -0.2) is 29.9 Å². The molecule has 5 heteroatoms. The average molecular weight is 285 g/mol. The maximum Gasteiger partial charge on any atom is 0.257 e. The molecule has 0 bridgehead atoms. The Morgan fingerprint density at radius 2 is 2.32 bits per heavy atom. The Bertz CT molecular complexity index is 481. The van der Waals surface area contributed by atoms with Gasteiger partial charge < -0.3 is 10.6 Å². The van der Waals surface area contributed by atoms with Crippen LogP contribution in [0.2, 0.25) is 5.02 Å². The highest BCUT2D eigenvalue weighted by atomic mass is 35.5. The molecule has 104 valence electrons. The summed E-state index contributed by atoms with van der Waals surface area (Å²) in [6.45, 7) is 3.12. The summed E-state index contributed by atoms with van der Waals surface area (Å²) in [4.78, 5) is 14.1.